The Morgan fingerprint density at radius 2 is 2.14 bits per heavy atom. The van der Waals surface area contributed by atoms with Gasteiger partial charge in [0.25, 0.3) is 0 Å². The second kappa shape index (κ2) is 5.74. The zero-order valence-corrected chi connectivity index (χ0v) is 12.8. The van der Waals surface area contributed by atoms with Gasteiger partial charge >= 0.3 is 0 Å². The molecule has 0 spiro atoms. The van der Waals surface area contributed by atoms with Crippen LogP contribution in [0.2, 0.25) is 0 Å². The number of oxazole rings is 1. The number of nitrogens with one attached hydrogen (secondary N) is 1. The minimum Gasteiger partial charge on any atom is -0.495 e. The first-order chi connectivity index (χ1) is 9.83. The minimum absolute atomic E-state index is 0.00864. The molecule has 0 aliphatic heterocycles. The summed E-state index contributed by atoms with van der Waals surface area (Å²) in [4.78, 5) is 4.01. The summed E-state index contributed by atoms with van der Waals surface area (Å²) in [5.74, 6) is 1.09. The fraction of sp³-hybridized carbons (Fsp3) is 0.308. The van der Waals surface area contributed by atoms with Crippen molar-refractivity contribution in [1.82, 2.24) is 9.71 Å². The van der Waals surface area contributed by atoms with Crippen LogP contribution in [0.1, 0.15) is 24.6 Å². The van der Waals surface area contributed by atoms with Crippen molar-refractivity contribution in [3.8, 4) is 5.75 Å². The summed E-state index contributed by atoms with van der Waals surface area (Å²) in [7, 11) is -2.40. The van der Waals surface area contributed by atoms with Crippen LogP contribution in [0.5, 0.6) is 5.75 Å². The molecule has 8 heteroatoms. The van der Waals surface area contributed by atoms with E-state index in [1.165, 1.54) is 31.5 Å². The van der Waals surface area contributed by atoms with Gasteiger partial charge in [0.2, 0.25) is 15.9 Å². The number of sulfonamides is 1. The van der Waals surface area contributed by atoms with E-state index in [-0.39, 0.29) is 10.6 Å². The summed E-state index contributed by atoms with van der Waals surface area (Å²) in [6.07, 6.45) is 1.53. The van der Waals surface area contributed by atoms with E-state index in [1.54, 1.807) is 13.8 Å². The van der Waals surface area contributed by atoms with Crippen LogP contribution < -0.4 is 15.2 Å². The van der Waals surface area contributed by atoms with Gasteiger partial charge in [-0.25, -0.2) is 13.4 Å². The van der Waals surface area contributed by atoms with Gasteiger partial charge in [-0.1, -0.05) is 0 Å². The molecule has 2 rings (SSSR count). The molecule has 0 bridgehead atoms. The number of hydrogen-bond acceptors (Lipinski definition) is 6. The number of nitrogens with zero attached hydrogens (tertiary/aromatic N) is 1. The van der Waals surface area contributed by atoms with E-state index >= 15 is 0 Å². The monoisotopic (exact) mass is 311 g/mol. The molecule has 0 fully saturated rings. The largest absolute Gasteiger partial charge is 0.495 e. The predicted molar refractivity (Wildman–Crippen MR) is 77.4 cm³/mol. The van der Waals surface area contributed by atoms with Crippen LogP contribution in [0.4, 0.5) is 5.69 Å². The van der Waals surface area contributed by atoms with E-state index in [0.29, 0.717) is 17.3 Å². The maximum absolute atomic E-state index is 12.4. The molecule has 7 nitrogen and oxygen atoms in total. The van der Waals surface area contributed by atoms with Crippen LogP contribution in [0.15, 0.2) is 33.7 Å². The van der Waals surface area contributed by atoms with Crippen molar-refractivity contribution in [1.29, 1.82) is 0 Å². The van der Waals surface area contributed by atoms with Crippen LogP contribution in [0.25, 0.3) is 0 Å². The summed E-state index contributed by atoms with van der Waals surface area (Å²) in [6.45, 7) is 3.38. The topological polar surface area (TPSA) is 107 Å². The molecule has 2 aromatic rings. The highest BCUT2D eigenvalue weighted by atomic mass is 32.2. The lowest BCUT2D eigenvalue weighted by Crippen LogP contribution is -2.27. The van der Waals surface area contributed by atoms with Crippen LogP contribution in [0.3, 0.4) is 0 Å². The van der Waals surface area contributed by atoms with Gasteiger partial charge in [-0.3, -0.25) is 0 Å². The number of aryl methyl sites for hydroxylation is 1. The molecule has 0 aliphatic rings. The average molecular weight is 311 g/mol. The Labute approximate surface area is 123 Å². The lowest BCUT2D eigenvalue weighted by atomic mass is 10.3. The first-order valence-corrected chi connectivity index (χ1v) is 7.70. The summed E-state index contributed by atoms with van der Waals surface area (Å²) in [5, 5.41) is 0. The molecule has 1 unspecified atom stereocenters. The predicted octanol–water partition coefficient (Wildman–Crippen LogP) is 1.61. The molecule has 114 valence electrons. The highest BCUT2D eigenvalue weighted by Crippen LogP contribution is 2.27. The Kier molecular flexibility index (Phi) is 4.19. The Hall–Kier alpha value is -2.06. The maximum Gasteiger partial charge on any atom is 0.244 e. The zero-order chi connectivity index (χ0) is 15.6. The van der Waals surface area contributed by atoms with E-state index in [4.69, 9.17) is 14.9 Å². The minimum atomic E-state index is -3.79. The molecule has 1 atom stereocenters. The Bertz CT molecular complexity index is 740. The Morgan fingerprint density at radius 3 is 2.71 bits per heavy atom. The van der Waals surface area contributed by atoms with Crippen LogP contribution in [-0.4, -0.2) is 20.5 Å². The summed E-state index contributed by atoms with van der Waals surface area (Å²) < 4.78 is 37.7. The number of rotatable bonds is 5. The molecule has 1 heterocycles. The molecule has 0 radical (unpaired) electrons. The highest BCUT2D eigenvalue weighted by molar-refractivity contribution is 7.89. The third kappa shape index (κ3) is 3.34. The maximum atomic E-state index is 12.4. The molecule has 1 aromatic heterocycles. The number of methoxy groups -OCH3 is 1. The Morgan fingerprint density at radius 1 is 1.43 bits per heavy atom. The number of aromatic nitrogens is 1. The van der Waals surface area contributed by atoms with Crippen LogP contribution in [0, 0.1) is 6.92 Å². The van der Waals surface area contributed by atoms with Gasteiger partial charge < -0.3 is 14.9 Å². The summed E-state index contributed by atoms with van der Waals surface area (Å²) >= 11 is 0. The highest BCUT2D eigenvalue weighted by Gasteiger charge is 2.24. The standard InChI is InChI=1S/C13H17N3O4S/c1-8-7-15-13(20-8)9(2)16-21(17,18)12-5-4-10(14)6-11(12)19-3/h4-7,9,16H,14H2,1-3H3. The summed E-state index contributed by atoms with van der Waals surface area (Å²) in [5.41, 5.74) is 6.04. The van der Waals surface area contributed by atoms with Crippen molar-refractivity contribution in [2.24, 2.45) is 0 Å². The number of nitrogens with two attached hydrogens (primary N) is 1. The third-order valence-electron chi connectivity index (χ3n) is 2.82. The average Bonchev–Trinajstić information content (AvgIpc) is 2.84. The van der Waals surface area contributed by atoms with Gasteiger partial charge in [0.05, 0.1) is 19.3 Å². The molecule has 21 heavy (non-hydrogen) atoms. The van der Waals surface area contributed by atoms with Gasteiger partial charge in [0.15, 0.2) is 0 Å². The van der Waals surface area contributed by atoms with E-state index < -0.39 is 16.1 Å². The normalized spacial score (nSPS) is 13.1. The van der Waals surface area contributed by atoms with E-state index in [2.05, 4.69) is 9.71 Å². The van der Waals surface area contributed by atoms with Crippen molar-refractivity contribution >= 4 is 15.7 Å². The van der Waals surface area contributed by atoms with Gasteiger partial charge in [0.1, 0.15) is 16.4 Å². The molecular weight excluding hydrogens is 294 g/mol. The Balaban J connectivity index is 2.30. The quantitative estimate of drug-likeness (QED) is 0.812. The summed E-state index contributed by atoms with van der Waals surface area (Å²) in [6, 6.07) is 3.74. The van der Waals surface area contributed by atoms with E-state index in [9.17, 15) is 8.42 Å². The number of ether oxygens (including phenoxy) is 1. The number of hydrogen-bond donors (Lipinski definition) is 2. The van der Waals surface area contributed by atoms with Crippen molar-refractivity contribution in [2.75, 3.05) is 12.8 Å². The van der Waals surface area contributed by atoms with Gasteiger partial charge in [-0.05, 0) is 26.0 Å². The number of nitrogen functional groups attached to an aromatic ring is 1. The molecule has 0 saturated heterocycles. The van der Waals surface area contributed by atoms with Gasteiger partial charge in [-0.2, -0.15) is 4.72 Å². The SMILES string of the molecule is COc1cc(N)ccc1S(=O)(=O)NC(C)c1ncc(C)o1. The third-order valence-corrected chi connectivity index (χ3v) is 4.40. The van der Waals surface area contributed by atoms with Gasteiger partial charge in [0, 0.05) is 11.8 Å². The molecule has 0 amide bonds. The fourth-order valence-corrected chi connectivity index (χ4v) is 3.17. The lowest BCUT2D eigenvalue weighted by Gasteiger charge is -2.14. The fourth-order valence-electron chi connectivity index (χ4n) is 1.83. The molecular formula is C13H17N3O4S. The molecule has 3 N–H and O–H groups in total. The van der Waals surface area contributed by atoms with Crippen LogP contribution >= 0.6 is 0 Å². The van der Waals surface area contributed by atoms with Crippen molar-refractivity contribution in [2.45, 2.75) is 24.8 Å². The van der Waals surface area contributed by atoms with Crippen molar-refractivity contribution < 1.29 is 17.6 Å². The molecule has 0 aliphatic carbocycles. The van der Waals surface area contributed by atoms with Crippen molar-refractivity contribution in [3.63, 3.8) is 0 Å². The zero-order valence-electron chi connectivity index (χ0n) is 12.0. The second-order valence-corrected chi connectivity index (χ2v) is 6.24. The van der Waals surface area contributed by atoms with Crippen molar-refractivity contribution in [3.05, 3.63) is 36.0 Å². The van der Waals surface area contributed by atoms with E-state index in [1.807, 2.05) is 0 Å². The smallest absolute Gasteiger partial charge is 0.244 e. The second-order valence-electron chi connectivity index (χ2n) is 4.56. The van der Waals surface area contributed by atoms with E-state index in [0.717, 1.165) is 0 Å². The van der Waals surface area contributed by atoms with Crippen LogP contribution in [-0.2, 0) is 10.0 Å². The molecule has 1 aromatic carbocycles. The van der Waals surface area contributed by atoms with Gasteiger partial charge in [-0.15, -0.1) is 0 Å². The number of benzene rings is 1. The first-order valence-electron chi connectivity index (χ1n) is 6.21. The lowest BCUT2D eigenvalue weighted by molar-refractivity contribution is 0.400. The molecule has 0 saturated carbocycles. The first kappa shape index (κ1) is 15.3. The number of anilines is 1.